The minimum absolute atomic E-state index is 0.0238. The molecule has 3 rings (SSSR count). The van der Waals surface area contributed by atoms with Crippen LogP contribution >= 0.6 is 11.6 Å². The number of carbonyl (C=O) groups is 2. The molecule has 1 aliphatic rings. The van der Waals surface area contributed by atoms with Crippen LogP contribution < -0.4 is 10.1 Å². The summed E-state index contributed by atoms with van der Waals surface area (Å²) in [5.74, 6) is 0.159. The van der Waals surface area contributed by atoms with Gasteiger partial charge in [0.15, 0.2) is 0 Å². The molecule has 0 aliphatic carbocycles. The van der Waals surface area contributed by atoms with Crippen molar-refractivity contribution in [2.24, 2.45) is 0 Å². The molecule has 0 unspecified atom stereocenters. The van der Waals surface area contributed by atoms with Crippen LogP contribution in [0.3, 0.4) is 0 Å². The Morgan fingerprint density at radius 3 is 2.48 bits per heavy atom. The van der Waals surface area contributed by atoms with Gasteiger partial charge in [-0.15, -0.1) is 0 Å². The van der Waals surface area contributed by atoms with Crippen molar-refractivity contribution in [3.8, 4) is 5.75 Å². The summed E-state index contributed by atoms with van der Waals surface area (Å²) in [6, 6.07) is 10.3. The third-order valence-electron chi connectivity index (χ3n) is 4.74. The Bertz CT molecular complexity index is 861. The van der Waals surface area contributed by atoms with Crippen LogP contribution in [0.4, 0.5) is 5.69 Å². The highest BCUT2D eigenvalue weighted by molar-refractivity contribution is 6.31. The molecule has 6 heteroatoms. The maximum absolute atomic E-state index is 12.7. The number of halogens is 1. The average Bonchev–Trinajstić information content (AvgIpc) is 2.70. The number of anilines is 1. The second kappa shape index (κ2) is 8.44. The molecule has 0 spiro atoms. The molecular weight excluding hydrogens is 364 g/mol. The minimum atomic E-state index is -0.302. The maximum Gasteiger partial charge on any atom is 0.255 e. The predicted molar refractivity (Wildman–Crippen MR) is 107 cm³/mol. The Labute approximate surface area is 164 Å². The number of hydrogen-bond donors (Lipinski definition) is 1. The number of carbonyl (C=O) groups excluding carboxylic acids is 2. The summed E-state index contributed by atoms with van der Waals surface area (Å²) < 4.78 is 5.30. The fourth-order valence-corrected chi connectivity index (χ4v) is 3.35. The number of amides is 2. The minimum Gasteiger partial charge on any atom is -0.495 e. The zero-order valence-corrected chi connectivity index (χ0v) is 16.3. The fourth-order valence-electron chi connectivity index (χ4n) is 3.20. The van der Waals surface area contributed by atoms with E-state index in [1.807, 2.05) is 11.8 Å². The van der Waals surface area contributed by atoms with Gasteiger partial charge < -0.3 is 15.0 Å². The largest absolute Gasteiger partial charge is 0.495 e. The summed E-state index contributed by atoms with van der Waals surface area (Å²) in [5.41, 5.74) is 2.33. The number of methoxy groups -OCH3 is 1. The highest BCUT2D eigenvalue weighted by Gasteiger charge is 2.19. The molecule has 2 amide bonds. The smallest absolute Gasteiger partial charge is 0.255 e. The SMILES string of the molecule is COc1cc(Cl)c(C)cc1NC(=O)c1cccc(C(=O)N2CCCCC2)c1. The quantitative estimate of drug-likeness (QED) is 0.839. The molecule has 0 bridgehead atoms. The summed E-state index contributed by atoms with van der Waals surface area (Å²) >= 11 is 6.11. The monoisotopic (exact) mass is 386 g/mol. The van der Waals surface area contributed by atoms with E-state index in [0.29, 0.717) is 27.6 Å². The normalized spacial score (nSPS) is 14.0. The van der Waals surface area contributed by atoms with Gasteiger partial charge >= 0.3 is 0 Å². The summed E-state index contributed by atoms with van der Waals surface area (Å²) in [7, 11) is 1.52. The topological polar surface area (TPSA) is 58.6 Å². The standard InChI is InChI=1S/C21H23ClN2O3/c1-14-11-18(19(27-2)13-17(14)22)23-20(25)15-7-6-8-16(12-15)21(26)24-9-4-3-5-10-24/h6-8,11-13H,3-5,9-10H2,1-2H3,(H,23,25). The van der Waals surface area contributed by atoms with E-state index >= 15 is 0 Å². The lowest BCUT2D eigenvalue weighted by Crippen LogP contribution is -2.35. The zero-order valence-electron chi connectivity index (χ0n) is 15.5. The van der Waals surface area contributed by atoms with E-state index in [1.165, 1.54) is 7.11 Å². The number of hydrogen-bond acceptors (Lipinski definition) is 3. The number of likely N-dealkylation sites (tertiary alicyclic amines) is 1. The first-order chi connectivity index (χ1) is 13.0. The summed E-state index contributed by atoms with van der Waals surface area (Å²) in [6.45, 7) is 3.41. The predicted octanol–water partition coefficient (Wildman–Crippen LogP) is 4.54. The summed E-state index contributed by atoms with van der Waals surface area (Å²) in [5, 5.41) is 3.41. The van der Waals surface area contributed by atoms with Gasteiger partial charge in [0.2, 0.25) is 0 Å². The number of benzene rings is 2. The fraction of sp³-hybridized carbons (Fsp3) is 0.333. The molecule has 1 aliphatic heterocycles. The molecular formula is C21H23ClN2O3. The number of nitrogens with one attached hydrogen (secondary N) is 1. The zero-order chi connectivity index (χ0) is 19.4. The maximum atomic E-state index is 12.7. The molecule has 27 heavy (non-hydrogen) atoms. The van der Waals surface area contributed by atoms with E-state index in [9.17, 15) is 9.59 Å². The first kappa shape index (κ1) is 19.2. The van der Waals surface area contributed by atoms with Gasteiger partial charge in [-0.1, -0.05) is 17.7 Å². The molecule has 1 fully saturated rings. The third kappa shape index (κ3) is 4.42. The lowest BCUT2D eigenvalue weighted by atomic mass is 10.1. The van der Waals surface area contributed by atoms with Gasteiger partial charge in [-0.3, -0.25) is 9.59 Å². The molecule has 1 saturated heterocycles. The van der Waals surface area contributed by atoms with E-state index in [-0.39, 0.29) is 11.8 Å². The van der Waals surface area contributed by atoms with E-state index in [0.717, 1.165) is 37.9 Å². The highest BCUT2D eigenvalue weighted by Crippen LogP contribution is 2.31. The molecule has 142 valence electrons. The lowest BCUT2D eigenvalue weighted by Gasteiger charge is -2.26. The van der Waals surface area contributed by atoms with Crippen molar-refractivity contribution in [3.63, 3.8) is 0 Å². The van der Waals surface area contributed by atoms with E-state index in [2.05, 4.69) is 5.32 Å². The second-order valence-corrected chi connectivity index (χ2v) is 7.10. The molecule has 0 radical (unpaired) electrons. The van der Waals surface area contributed by atoms with Crippen LogP contribution in [0.2, 0.25) is 5.02 Å². The molecule has 0 saturated carbocycles. The van der Waals surface area contributed by atoms with E-state index in [4.69, 9.17) is 16.3 Å². The number of ether oxygens (including phenoxy) is 1. The second-order valence-electron chi connectivity index (χ2n) is 6.69. The Morgan fingerprint density at radius 1 is 1.07 bits per heavy atom. The van der Waals surface area contributed by atoms with Crippen molar-refractivity contribution in [2.45, 2.75) is 26.2 Å². The first-order valence-corrected chi connectivity index (χ1v) is 9.42. The molecule has 0 atom stereocenters. The Balaban J connectivity index is 1.80. The number of piperidine rings is 1. The van der Waals surface area contributed by atoms with Gasteiger partial charge in [-0.2, -0.15) is 0 Å². The lowest BCUT2D eigenvalue weighted by molar-refractivity contribution is 0.0724. The van der Waals surface area contributed by atoms with Gasteiger partial charge in [0, 0.05) is 35.3 Å². The van der Waals surface area contributed by atoms with Crippen LogP contribution in [0.25, 0.3) is 0 Å². The van der Waals surface area contributed by atoms with Crippen LogP contribution in [0.1, 0.15) is 45.5 Å². The van der Waals surface area contributed by atoms with Gasteiger partial charge in [-0.25, -0.2) is 0 Å². The van der Waals surface area contributed by atoms with E-state index < -0.39 is 0 Å². The Morgan fingerprint density at radius 2 is 1.78 bits per heavy atom. The Hall–Kier alpha value is -2.53. The third-order valence-corrected chi connectivity index (χ3v) is 5.15. The number of nitrogens with zero attached hydrogens (tertiary/aromatic N) is 1. The van der Waals surface area contributed by atoms with E-state index in [1.54, 1.807) is 36.4 Å². The van der Waals surface area contributed by atoms with Gasteiger partial charge in [0.05, 0.1) is 12.8 Å². The molecule has 2 aromatic carbocycles. The highest BCUT2D eigenvalue weighted by atomic mass is 35.5. The van der Waals surface area contributed by atoms with Crippen molar-refractivity contribution >= 4 is 29.1 Å². The first-order valence-electron chi connectivity index (χ1n) is 9.04. The van der Waals surface area contributed by atoms with Gasteiger partial charge in [-0.05, 0) is 56.0 Å². The van der Waals surface area contributed by atoms with Crippen molar-refractivity contribution in [3.05, 3.63) is 58.1 Å². The van der Waals surface area contributed by atoms with Crippen LogP contribution in [-0.4, -0.2) is 36.9 Å². The van der Waals surface area contributed by atoms with Gasteiger partial charge in [0.1, 0.15) is 5.75 Å². The van der Waals surface area contributed by atoms with Crippen molar-refractivity contribution in [1.82, 2.24) is 4.90 Å². The van der Waals surface area contributed by atoms with Crippen LogP contribution in [0.5, 0.6) is 5.75 Å². The molecule has 1 heterocycles. The summed E-state index contributed by atoms with van der Waals surface area (Å²) in [4.78, 5) is 27.2. The molecule has 1 N–H and O–H groups in total. The van der Waals surface area contributed by atoms with Gasteiger partial charge in [0.25, 0.3) is 11.8 Å². The van der Waals surface area contributed by atoms with Crippen molar-refractivity contribution in [1.29, 1.82) is 0 Å². The average molecular weight is 387 g/mol. The van der Waals surface area contributed by atoms with Crippen molar-refractivity contribution < 1.29 is 14.3 Å². The van der Waals surface area contributed by atoms with Crippen molar-refractivity contribution in [2.75, 3.05) is 25.5 Å². The Kier molecular flexibility index (Phi) is 6.01. The summed E-state index contributed by atoms with van der Waals surface area (Å²) in [6.07, 6.45) is 3.22. The number of rotatable bonds is 4. The van der Waals surface area contributed by atoms with Crippen LogP contribution in [0.15, 0.2) is 36.4 Å². The molecule has 2 aromatic rings. The molecule has 5 nitrogen and oxygen atoms in total. The van der Waals surface area contributed by atoms with Crippen LogP contribution in [0, 0.1) is 6.92 Å². The van der Waals surface area contributed by atoms with Crippen LogP contribution in [-0.2, 0) is 0 Å². The molecule has 0 aromatic heterocycles. The number of aryl methyl sites for hydroxylation is 1.